The van der Waals surface area contributed by atoms with Crippen LogP contribution in [0.5, 0.6) is 0 Å². The maximum absolute atomic E-state index is 13.9. The maximum Gasteiger partial charge on any atom is 0.442 e. The Hall–Kier alpha value is -13.4. The first-order chi connectivity index (χ1) is 65.6. The smallest absolute Gasteiger partial charge is 0.442 e. The third-order valence-electron chi connectivity index (χ3n) is 25.0. The van der Waals surface area contributed by atoms with Crippen LogP contribution in [0.15, 0.2) is 188 Å². The highest BCUT2D eigenvalue weighted by atomic mass is 32.2. The van der Waals surface area contributed by atoms with Crippen molar-refractivity contribution in [3.63, 3.8) is 0 Å². The van der Waals surface area contributed by atoms with Gasteiger partial charge in [0.15, 0.2) is 0 Å². The number of rotatable bonds is 18. The minimum atomic E-state index is -3.14. The van der Waals surface area contributed by atoms with Gasteiger partial charge in [-0.15, -0.1) is 8.73 Å². The number of benzene rings is 6. The van der Waals surface area contributed by atoms with Crippen molar-refractivity contribution in [2.24, 2.45) is 8.73 Å². The van der Waals surface area contributed by atoms with Gasteiger partial charge in [-0.05, 0) is 246 Å². The van der Waals surface area contributed by atoms with Crippen LogP contribution in [0.1, 0.15) is 161 Å². The predicted octanol–water partition coefficient (Wildman–Crippen LogP) is 16.5. The monoisotopic (exact) mass is 1930 g/mol. The van der Waals surface area contributed by atoms with E-state index in [-0.39, 0.29) is 23.9 Å². The van der Waals surface area contributed by atoms with Crippen LogP contribution in [0.2, 0.25) is 0 Å². The van der Waals surface area contributed by atoms with Gasteiger partial charge in [-0.2, -0.15) is 15.8 Å². The number of carbonyl (C=O) groups excluding carboxylic acids is 4. The lowest BCUT2D eigenvalue weighted by Crippen LogP contribution is -2.49. The molecule has 0 spiro atoms. The topological polar surface area (TPSA) is 408 Å². The highest BCUT2D eigenvalue weighted by Crippen LogP contribution is 2.36. The highest BCUT2D eigenvalue weighted by Gasteiger charge is 2.34. The first kappa shape index (κ1) is 104. The van der Waals surface area contributed by atoms with Crippen LogP contribution in [0.4, 0.5) is 61.2 Å². The molecular weight excluding hydrogens is 1800 g/mol. The van der Waals surface area contributed by atoms with Gasteiger partial charge in [0.05, 0.1) is 83.2 Å². The van der Waals surface area contributed by atoms with Crippen LogP contribution in [0, 0.1) is 80.3 Å². The lowest BCUT2D eigenvalue weighted by atomic mass is 9.99. The van der Waals surface area contributed by atoms with Gasteiger partial charge in [-0.3, -0.25) is 9.59 Å². The molecule has 9 heterocycles. The van der Waals surface area contributed by atoms with Gasteiger partial charge in [0.1, 0.15) is 46.9 Å². The molecule has 6 saturated heterocycles. The van der Waals surface area contributed by atoms with Crippen molar-refractivity contribution in [1.82, 2.24) is 30.1 Å². The van der Waals surface area contributed by atoms with Crippen molar-refractivity contribution in [2.75, 3.05) is 182 Å². The Kier molecular flexibility index (Phi) is 34.3. The van der Waals surface area contributed by atoms with Crippen molar-refractivity contribution < 1.29 is 51.2 Å². The fourth-order valence-corrected chi connectivity index (χ4v) is 21.3. The van der Waals surface area contributed by atoms with Gasteiger partial charge < -0.3 is 75.0 Å². The quantitative estimate of drug-likeness (QED) is 0.0464. The van der Waals surface area contributed by atoms with Crippen LogP contribution in [-0.2, 0) is 38.7 Å². The molecule has 3 atom stereocenters. The number of piperidine rings is 3. The summed E-state index contributed by atoms with van der Waals surface area (Å²) >= 11 is 0. The van der Waals surface area contributed by atoms with Gasteiger partial charge >= 0.3 is 18.2 Å². The Bertz CT molecular complexity index is 6450. The Morgan fingerprint density at radius 3 is 1.00 bits per heavy atom. The number of carboxylic acid groups (broad SMARTS) is 1. The normalized spacial score (nSPS) is 16.9. The van der Waals surface area contributed by atoms with E-state index in [2.05, 4.69) is 109 Å². The van der Waals surface area contributed by atoms with Crippen molar-refractivity contribution in [3.05, 3.63) is 231 Å². The molecule has 6 aromatic carbocycles. The molecule has 4 amide bonds. The first-order valence-electron chi connectivity index (χ1n) is 46.7. The van der Waals surface area contributed by atoms with Crippen LogP contribution >= 0.6 is 0 Å². The number of ether oxygens (including phenoxy) is 2. The second kappa shape index (κ2) is 45.7. The summed E-state index contributed by atoms with van der Waals surface area (Å²) in [6.45, 7) is 34.8. The molecule has 15 rings (SSSR count). The third-order valence-corrected chi connectivity index (χ3v) is 29.4. The fourth-order valence-electron chi connectivity index (χ4n) is 17.9. The number of nitrogens with one attached hydrogen (secondary N) is 5. The summed E-state index contributed by atoms with van der Waals surface area (Å²) < 4.78 is 65.3. The fraction of sp³-hybridized carbons (Fsp3) is 0.427. The molecule has 0 saturated carbocycles. The van der Waals surface area contributed by atoms with E-state index in [4.69, 9.17) is 14.3 Å². The molecule has 3 aromatic heterocycles. The number of carboxylic acids is 1. The number of aromatic nitrogens is 3. The van der Waals surface area contributed by atoms with Crippen molar-refractivity contribution >= 4 is 111 Å². The Morgan fingerprint density at radius 2 is 0.696 bits per heavy atom. The van der Waals surface area contributed by atoms with Crippen LogP contribution in [0.25, 0.3) is 0 Å². The first-order valence-corrected chi connectivity index (χ1v) is 52.5. The predicted molar refractivity (Wildman–Crippen MR) is 546 cm³/mol. The molecule has 138 heavy (non-hydrogen) atoms. The molecule has 6 fully saturated rings. The number of nitriles is 3. The van der Waals surface area contributed by atoms with Crippen LogP contribution in [0.3, 0.4) is 0 Å². The van der Waals surface area contributed by atoms with E-state index < -0.39 is 58.5 Å². The molecule has 9 aromatic rings. The number of hydrogen-bond donors (Lipinski definition) is 6. The molecule has 6 N–H and O–H groups in total. The lowest BCUT2D eigenvalue weighted by molar-refractivity contribution is 0.0595. The SMILES string of the molecule is CC(C)(C)OC(=O)N=[S@@](C)(=O)c1cccnc1N1CCNCC1.Cc1cc(C)c(C(=O)N2CCN(c3ncccc3[S@@](C)(=N)=O)CC2)cc1NC1CCN(c2ccccc2C#N)CC1.Cc1cc(C)c(C(=O)N2CCN(c3ncccc3[S@](C)(=O)=NC(=O)OC(C)(C)C)CC2)cc1NC1CCN(c2ccccc2C#N)CC1.Cc1cc(C)c(C(=O)O)cc1NC1CCN(c2ccccc2C#N)CC1. The number of aryl methyl sites for hydroxylation is 6. The maximum atomic E-state index is 13.9. The number of piperazine rings is 3. The Morgan fingerprint density at radius 1 is 0.406 bits per heavy atom. The van der Waals surface area contributed by atoms with Gasteiger partial charge in [0.25, 0.3) is 11.8 Å². The number of nitrogens with zero attached hydrogens (tertiary/aromatic N) is 16. The Labute approximate surface area is 812 Å². The molecule has 0 radical (unpaired) electrons. The number of aromatic carboxylic acids is 1. The van der Waals surface area contributed by atoms with Gasteiger partial charge in [0, 0.05) is 201 Å². The molecule has 6 aliphatic rings. The summed E-state index contributed by atoms with van der Waals surface area (Å²) in [5, 5.41) is 51.8. The third kappa shape index (κ3) is 27.1. The zero-order valence-corrected chi connectivity index (χ0v) is 84.2. The zero-order chi connectivity index (χ0) is 99.6. The van der Waals surface area contributed by atoms with Crippen molar-refractivity contribution in [1.29, 1.82) is 20.6 Å². The number of carbonyl (C=O) groups is 5. The van der Waals surface area contributed by atoms with Crippen molar-refractivity contribution in [2.45, 2.75) is 166 Å². The van der Waals surface area contributed by atoms with E-state index in [1.807, 2.05) is 138 Å². The molecule has 0 aliphatic carbocycles. The molecule has 0 unspecified atom stereocenters. The van der Waals surface area contributed by atoms with Gasteiger partial charge in [-0.25, -0.2) is 46.7 Å². The molecule has 35 heteroatoms. The largest absolute Gasteiger partial charge is 0.478 e. The Balaban J connectivity index is 0.000000172. The summed E-state index contributed by atoms with van der Waals surface area (Å²) in [6.07, 6.45) is 13.1. The molecule has 730 valence electrons. The van der Waals surface area contributed by atoms with Gasteiger partial charge in [-0.1, -0.05) is 54.6 Å². The van der Waals surface area contributed by atoms with E-state index in [0.717, 1.165) is 171 Å². The molecule has 32 nitrogen and oxygen atoms in total. The number of amides is 4. The minimum absolute atomic E-state index is 0.00848. The summed E-state index contributed by atoms with van der Waals surface area (Å²) in [7, 11) is -8.99. The number of para-hydroxylation sites is 3. The summed E-state index contributed by atoms with van der Waals surface area (Å²) in [6, 6.07) is 52.8. The van der Waals surface area contributed by atoms with Gasteiger partial charge in [0.2, 0.25) is 0 Å². The second-order valence-electron chi connectivity index (χ2n) is 37.7. The van der Waals surface area contributed by atoms with E-state index in [0.29, 0.717) is 124 Å². The lowest BCUT2D eigenvalue weighted by Gasteiger charge is -2.37. The number of hydrogen-bond acceptors (Lipinski definition) is 27. The summed E-state index contributed by atoms with van der Waals surface area (Å²) in [4.78, 5) is 94.4. The standard InChI is InChI=1S/C36H45N7O4S.C31H37N7O2S.C21H23N3O2.C15H24N4O3S/c1-25-22-26(2)30(39-28-13-16-41(17-14-28)31-11-8-7-10-27(31)24-37)23-29(25)34(44)43-20-18-42(19-21-43)33-32(12-9-15-38-33)48(6,46)40-35(45)47-36(3,4)5;1-22-19-23(2)27(35-25-10-13-36(14-11-25)28-8-5-4-7-24(28)21-32)20-26(22)31(39)38-17-15-37(16-18-38)30-29(41(3,33)40)9-6-12-34-30;1-14-11-15(2)19(12-18(14)21(25)26)23-17-7-9-24(10-8-17)20-6-4-3-5-16(20)13-22;1-15(2,3)22-14(20)18-23(4,21)12-6-5-7-17-13(12)19-10-8-16-9-11-19/h7-12,15,22-23,28,39H,13-14,16-21H2,1-6H3;4-9,12,19-20,25,33,35H,10-11,13-18H2,1-3H3;3-6,11-12,17,23H,7-10H2,1-2H3,(H,25,26);5-7,16H,8-11H2,1-4H3/t48-;41-;;23-/m00.0/s1. The van der Waals surface area contributed by atoms with Crippen LogP contribution in [-0.4, -0.2) is 238 Å². The molecular formula is C103H129N21O11S3. The number of pyridine rings is 3. The van der Waals surface area contributed by atoms with Crippen LogP contribution < -0.4 is 50.7 Å². The zero-order valence-electron chi connectivity index (χ0n) is 81.7. The van der Waals surface area contributed by atoms with E-state index >= 15 is 0 Å². The summed E-state index contributed by atoms with van der Waals surface area (Å²) in [5.41, 5.74) is 14.1. The average Bonchev–Trinajstić information content (AvgIpc) is 0.791. The number of anilines is 9. The van der Waals surface area contributed by atoms with E-state index in [1.54, 1.807) is 103 Å². The second-order valence-corrected chi connectivity index (χ2v) is 44.3. The molecule has 6 aliphatic heterocycles. The van der Waals surface area contributed by atoms with Crippen molar-refractivity contribution in [3.8, 4) is 18.2 Å². The molecule has 0 bridgehead atoms. The average molecular weight is 1930 g/mol. The summed E-state index contributed by atoms with van der Waals surface area (Å²) in [5.74, 6) is 0.766. The highest BCUT2D eigenvalue weighted by molar-refractivity contribution is 7.93. The van der Waals surface area contributed by atoms with E-state index in [1.165, 1.54) is 18.8 Å². The minimum Gasteiger partial charge on any atom is -0.478 e. The van der Waals surface area contributed by atoms with E-state index in [9.17, 15) is 57.5 Å².